The maximum absolute atomic E-state index is 12.8. The zero-order valence-electron chi connectivity index (χ0n) is 22.3. The third-order valence-electron chi connectivity index (χ3n) is 5.85. The number of ether oxygens (including phenoxy) is 4. The van der Waals surface area contributed by atoms with E-state index in [-0.39, 0.29) is 5.91 Å². The summed E-state index contributed by atoms with van der Waals surface area (Å²) in [6.07, 6.45) is 7.29. The van der Waals surface area contributed by atoms with Crippen LogP contribution in [0.15, 0.2) is 72.9 Å². The number of hydrogen-bond acceptors (Lipinski definition) is 8. The molecule has 0 radical (unpaired) electrons. The van der Waals surface area contributed by atoms with Gasteiger partial charge in [-0.25, -0.2) is 4.98 Å². The first kappa shape index (κ1) is 28.4. The number of fused-ring (bicyclic) bond motifs is 1. The van der Waals surface area contributed by atoms with E-state index in [1.165, 1.54) is 0 Å². The number of benzene rings is 3. The molecule has 206 valence electrons. The second-order valence-electron chi connectivity index (χ2n) is 8.72. The number of nitrogen functional groups attached to an aromatic ring is 1. The van der Waals surface area contributed by atoms with Crippen LogP contribution in [0.2, 0.25) is 0 Å². The fourth-order valence-corrected chi connectivity index (χ4v) is 3.92. The Morgan fingerprint density at radius 3 is 2.52 bits per heavy atom. The molecule has 0 atom stereocenters. The maximum Gasteiger partial charge on any atom is 0.251 e. The van der Waals surface area contributed by atoms with Gasteiger partial charge in [0.1, 0.15) is 17.3 Å². The van der Waals surface area contributed by atoms with Gasteiger partial charge in [0.25, 0.3) is 5.91 Å². The number of hydrogen-bond donors (Lipinski definition) is 3. The van der Waals surface area contributed by atoms with Crippen molar-refractivity contribution in [3.63, 3.8) is 0 Å². The zero-order valence-corrected chi connectivity index (χ0v) is 22.3. The molecule has 1 heterocycles. The molecule has 9 heteroatoms. The van der Waals surface area contributed by atoms with Crippen molar-refractivity contribution in [1.29, 1.82) is 0 Å². The average Bonchev–Trinajstić information content (AvgIpc) is 2.98. The molecule has 0 saturated heterocycles. The third kappa shape index (κ3) is 7.94. The van der Waals surface area contributed by atoms with Crippen molar-refractivity contribution in [2.24, 2.45) is 0 Å². The molecule has 1 aromatic heterocycles. The second-order valence-corrected chi connectivity index (χ2v) is 8.72. The van der Waals surface area contributed by atoms with Gasteiger partial charge in [0.05, 0.1) is 33.0 Å². The van der Waals surface area contributed by atoms with Crippen molar-refractivity contribution in [3.8, 4) is 23.8 Å². The summed E-state index contributed by atoms with van der Waals surface area (Å²) in [6.45, 7) is 2.67. The van der Waals surface area contributed by atoms with E-state index in [1.54, 1.807) is 43.6 Å². The first-order chi connectivity index (χ1) is 19.6. The molecule has 3 aromatic carbocycles. The van der Waals surface area contributed by atoms with Crippen molar-refractivity contribution in [2.75, 3.05) is 57.7 Å². The highest BCUT2D eigenvalue weighted by Gasteiger charge is 2.10. The molecule has 9 nitrogen and oxygen atoms in total. The summed E-state index contributed by atoms with van der Waals surface area (Å²) in [5.41, 5.74) is 8.39. The predicted molar refractivity (Wildman–Crippen MR) is 156 cm³/mol. The molecule has 4 aromatic rings. The smallest absolute Gasteiger partial charge is 0.251 e. The number of nitrogens with zero attached hydrogens (tertiary/aromatic N) is 1. The molecular formula is C31H32N4O5. The number of rotatable bonds is 14. The quantitative estimate of drug-likeness (QED) is 0.119. The topological polar surface area (TPSA) is 117 Å². The van der Waals surface area contributed by atoms with Gasteiger partial charge in [-0.1, -0.05) is 30.2 Å². The molecule has 4 N–H and O–H groups in total. The molecule has 0 spiro atoms. The fraction of sp³-hybridized carbons (Fsp3) is 0.226. The molecule has 0 unspecified atom stereocenters. The Bertz CT molecular complexity index is 1480. The Hall–Kier alpha value is -4.62. The minimum absolute atomic E-state index is 0.264. The number of amides is 1. The van der Waals surface area contributed by atoms with Crippen LogP contribution in [0.4, 0.5) is 17.2 Å². The number of nitrogens with two attached hydrogens (primary N) is 1. The number of terminal acetylenes is 1. The van der Waals surface area contributed by atoms with Gasteiger partial charge in [-0.3, -0.25) is 4.79 Å². The zero-order chi connectivity index (χ0) is 28.2. The van der Waals surface area contributed by atoms with Crippen molar-refractivity contribution in [3.05, 3.63) is 84.1 Å². The van der Waals surface area contributed by atoms with E-state index in [0.717, 1.165) is 10.8 Å². The van der Waals surface area contributed by atoms with Crippen LogP contribution < -0.4 is 21.1 Å². The summed E-state index contributed by atoms with van der Waals surface area (Å²) in [6, 6.07) is 20.1. The lowest BCUT2D eigenvalue weighted by molar-refractivity contribution is 0.0255. The second kappa shape index (κ2) is 14.5. The van der Waals surface area contributed by atoms with Crippen molar-refractivity contribution < 1.29 is 23.7 Å². The van der Waals surface area contributed by atoms with Crippen molar-refractivity contribution in [2.45, 2.75) is 0 Å². The van der Waals surface area contributed by atoms with Crippen LogP contribution in [0.5, 0.6) is 11.5 Å². The largest absolute Gasteiger partial charge is 0.457 e. The number of nitrogens with one attached hydrogen (secondary N) is 2. The van der Waals surface area contributed by atoms with Gasteiger partial charge in [0.2, 0.25) is 0 Å². The molecule has 0 bridgehead atoms. The van der Waals surface area contributed by atoms with Crippen LogP contribution in [-0.4, -0.2) is 57.6 Å². The van der Waals surface area contributed by atoms with Crippen molar-refractivity contribution in [1.82, 2.24) is 10.3 Å². The number of anilines is 3. The maximum atomic E-state index is 12.8. The standard InChI is InChI=1S/C31H32N4O5/c1-3-22-18-23(31(36)34-12-13-38-16-17-39-15-14-37-2)20-24(19-22)35-30-21-25(10-11-33-30)40-29-9-8-28(32)26-6-4-5-7-27(26)29/h1,4-11,18-21H,12-17,32H2,2H3,(H,33,35)(H,34,36). The number of methoxy groups -OCH3 is 1. The van der Waals surface area contributed by atoms with E-state index in [1.807, 2.05) is 36.4 Å². The van der Waals surface area contributed by atoms with Gasteiger partial charge in [-0.2, -0.15) is 0 Å². The lowest BCUT2D eigenvalue weighted by atomic mass is 10.1. The molecular weight excluding hydrogens is 508 g/mol. The average molecular weight is 541 g/mol. The Kier molecular flexibility index (Phi) is 10.3. The SMILES string of the molecule is C#Cc1cc(Nc2cc(Oc3ccc(N)c4ccccc34)ccn2)cc(C(=O)NCCOCCOCCOC)c1. The van der Waals surface area contributed by atoms with Gasteiger partial charge in [0, 0.05) is 59.2 Å². The van der Waals surface area contributed by atoms with Crippen LogP contribution in [0.25, 0.3) is 10.8 Å². The van der Waals surface area contributed by atoms with Crippen molar-refractivity contribution >= 4 is 33.9 Å². The number of carbonyl (C=O) groups excluding carboxylic acids is 1. The van der Waals surface area contributed by atoms with Gasteiger partial charge in [-0.05, 0) is 36.4 Å². The van der Waals surface area contributed by atoms with E-state index >= 15 is 0 Å². The van der Waals surface area contributed by atoms with Crippen LogP contribution >= 0.6 is 0 Å². The molecule has 0 saturated carbocycles. The van der Waals surface area contributed by atoms with E-state index in [2.05, 4.69) is 21.5 Å². The highest BCUT2D eigenvalue weighted by Crippen LogP contribution is 2.33. The Balaban J connectivity index is 1.37. The summed E-state index contributed by atoms with van der Waals surface area (Å²) in [7, 11) is 1.62. The van der Waals surface area contributed by atoms with E-state index in [9.17, 15) is 4.79 Å². The Morgan fingerprint density at radius 2 is 1.73 bits per heavy atom. The van der Waals surface area contributed by atoms with Gasteiger partial charge >= 0.3 is 0 Å². The molecule has 1 amide bonds. The van der Waals surface area contributed by atoms with E-state index in [0.29, 0.717) is 79.4 Å². The lowest BCUT2D eigenvalue weighted by Crippen LogP contribution is -2.27. The Morgan fingerprint density at radius 1 is 0.950 bits per heavy atom. The highest BCUT2D eigenvalue weighted by molar-refractivity contribution is 5.97. The number of carbonyl (C=O) groups is 1. The first-order valence-corrected chi connectivity index (χ1v) is 12.8. The number of pyridine rings is 1. The Labute approximate surface area is 233 Å². The molecule has 0 aliphatic rings. The van der Waals surface area contributed by atoms with Crippen LogP contribution in [0, 0.1) is 12.3 Å². The van der Waals surface area contributed by atoms with E-state index < -0.39 is 0 Å². The van der Waals surface area contributed by atoms with E-state index in [4.69, 9.17) is 31.1 Å². The van der Waals surface area contributed by atoms with Crippen LogP contribution in [0.3, 0.4) is 0 Å². The van der Waals surface area contributed by atoms with Crippen LogP contribution in [0.1, 0.15) is 15.9 Å². The van der Waals surface area contributed by atoms with Gasteiger partial charge in [-0.15, -0.1) is 6.42 Å². The monoisotopic (exact) mass is 540 g/mol. The minimum Gasteiger partial charge on any atom is -0.457 e. The highest BCUT2D eigenvalue weighted by atomic mass is 16.5. The summed E-state index contributed by atoms with van der Waals surface area (Å²) >= 11 is 0. The molecule has 0 aliphatic carbocycles. The molecule has 4 rings (SSSR count). The molecule has 0 aliphatic heterocycles. The van der Waals surface area contributed by atoms with Gasteiger partial charge < -0.3 is 35.3 Å². The minimum atomic E-state index is -0.264. The lowest BCUT2D eigenvalue weighted by Gasteiger charge is -2.13. The third-order valence-corrected chi connectivity index (χ3v) is 5.85. The fourth-order valence-electron chi connectivity index (χ4n) is 3.92. The normalized spacial score (nSPS) is 10.7. The van der Waals surface area contributed by atoms with Gasteiger partial charge in [0.15, 0.2) is 0 Å². The summed E-state index contributed by atoms with van der Waals surface area (Å²) in [4.78, 5) is 17.2. The molecule has 40 heavy (non-hydrogen) atoms. The summed E-state index contributed by atoms with van der Waals surface area (Å²) in [5, 5.41) is 7.89. The number of aromatic nitrogens is 1. The summed E-state index contributed by atoms with van der Waals surface area (Å²) in [5.74, 6) is 4.12. The summed E-state index contributed by atoms with van der Waals surface area (Å²) < 4.78 is 21.9. The molecule has 0 fully saturated rings. The first-order valence-electron chi connectivity index (χ1n) is 12.8. The van der Waals surface area contributed by atoms with Crippen LogP contribution in [-0.2, 0) is 14.2 Å². The predicted octanol–water partition coefficient (Wildman–Crippen LogP) is 4.74.